The van der Waals surface area contributed by atoms with Crippen LogP contribution in [0.3, 0.4) is 0 Å². The first kappa shape index (κ1) is 16.5. The van der Waals surface area contributed by atoms with Crippen molar-refractivity contribution in [2.45, 2.75) is 32.2 Å². The van der Waals surface area contributed by atoms with E-state index in [4.69, 9.17) is 0 Å². The van der Waals surface area contributed by atoms with Crippen molar-refractivity contribution in [2.75, 3.05) is 18.0 Å². The number of rotatable bonds is 5. The summed E-state index contributed by atoms with van der Waals surface area (Å²) in [7, 11) is 0. The molecule has 1 aliphatic heterocycles. The van der Waals surface area contributed by atoms with Crippen LogP contribution in [0.4, 0.5) is 10.1 Å². The molecule has 0 saturated carbocycles. The third kappa shape index (κ3) is 4.34. The highest BCUT2D eigenvalue weighted by Gasteiger charge is 2.11. The lowest BCUT2D eigenvalue weighted by molar-refractivity contribution is -0.120. The van der Waals surface area contributed by atoms with Crippen LogP contribution in [0.5, 0.6) is 0 Å². The highest BCUT2D eigenvalue weighted by molar-refractivity contribution is 5.78. The van der Waals surface area contributed by atoms with Gasteiger partial charge in [-0.2, -0.15) is 0 Å². The van der Waals surface area contributed by atoms with Crippen molar-refractivity contribution in [1.82, 2.24) is 5.32 Å². The molecule has 1 aliphatic rings. The minimum atomic E-state index is -0.335. The lowest BCUT2D eigenvalue weighted by atomic mass is 10.1. The average Bonchev–Trinajstić information content (AvgIpc) is 2.63. The van der Waals surface area contributed by atoms with Gasteiger partial charge in [0.05, 0.1) is 6.42 Å². The Morgan fingerprint density at radius 2 is 1.71 bits per heavy atom. The number of carbonyl (C=O) groups excluding carboxylic acids is 1. The molecule has 4 heteroatoms. The molecular formula is C20H23FN2O. The zero-order valence-corrected chi connectivity index (χ0v) is 13.8. The first-order valence-electron chi connectivity index (χ1n) is 8.56. The second-order valence-electron chi connectivity index (χ2n) is 6.26. The maximum absolute atomic E-state index is 13.5. The number of nitrogens with zero attached hydrogens (tertiary/aromatic N) is 1. The summed E-state index contributed by atoms with van der Waals surface area (Å²) >= 11 is 0. The minimum absolute atomic E-state index is 0.0680. The standard InChI is InChI=1S/C20H23FN2O/c21-19-7-3-2-6-17(19)14-20(24)22-15-16-8-10-18(11-9-16)23-12-4-1-5-13-23/h2-3,6-11H,1,4-5,12-15H2,(H,22,24). The molecule has 0 atom stereocenters. The van der Waals surface area contributed by atoms with Crippen LogP contribution in [0.1, 0.15) is 30.4 Å². The third-order valence-corrected chi connectivity index (χ3v) is 4.46. The van der Waals surface area contributed by atoms with Crippen LogP contribution in [-0.2, 0) is 17.8 Å². The fraction of sp³-hybridized carbons (Fsp3) is 0.350. The van der Waals surface area contributed by atoms with Gasteiger partial charge in [-0.15, -0.1) is 0 Å². The largest absolute Gasteiger partial charge is 0.372 e. The maximum atomic E-state index is 13.5. The van der Waals surface area contributed by atoms with Gasteiger partial charge in [0.15, 0.2) is 0 Å². The first-order valence-corrected chi connectivity index (χ1v) is 8.56. The number of piperidine rings is 1. The Morgan fingerprint density at radius 3 is 2.42 bits per heavy atom. The molecule has 1 amide bonds. The predicted octanol–water partition coefficient (Wildman–Crippen LogP) is 3.67. The predicted molar refractivity (Wildman–Crippen MR) is 94.5 cm³/mol. The van der Waals surface area contributed by atoms with Gasteiger partial charge < -0.3 is 10.2 Å². The normalized spacial score (nSPS) is 14.5. The molecule has 1 N–H and O–H groups in total. The van der Waals surface area contributed by atoms with Crippen molar-refractivity contribution in [3.05, 3.63) is 65.5 Å². The Kier molecular flexibility index (Phi) is 5.47. The molecule has 24 heavy (non-hydrogen) atoms. The molecule has 0 spiro atoms. The summed E-state index contributed by atoms with van der Waals surface area (Å²) in [5.41, 5.74) is 2.73. The van der Waals surface area contributed by atoms with Gasteiger partial charge in [-0.05, 0) is 48.6 Å². The topological polar surface area (TPSA) is 32.3 Å². The Morgan fingerprint density at radius 1 is 1.00 bits per heavy atom. The van der Waals surface area contributed by atoms with Crippen LogP contribution in [0.25, 0.3) is 0 Å². The number of carbonyl (C=O) groups is 1. The number of amides is 1. The summed E-state index contributed by atoms with van der Waals surface area (Å²) in [6.07, 6.45) is 3.91. The summed E-state index contributed by atoms with van der Waals surface area (Å²) in [5, 5.41) is 2.85. The zero-order valence-electron chi connectivity index (χ0n) is 13.8. The van der Waals surface area contributed by atoms with Gasteiger partial charge in [0.2, 0.25) is 5.91 Å². The fourth-order valence-corrected chi connectivity index (χ4v) is 3.05. The van der Waals surface area contributed by atoms with E-state index in [9.17, 15) is 9.18 Å². The fourth-order valence-electron chi connectivity index (χ4n) is 3.05. The van der Waals surface area contributed by atoms with Crippen LogP contribution < -0.4 is 10.2 Å². The van der Waals surface area contributed by atoms with Crippen molar-refractivity contribution >= 4 is 11.6 Å². The number of hydrogen-bond donors (Lipinski definition) is 1. The number of nitrogens with one attached hydrogen (secondary N) is 1. The molecule has 0 aliphatic carbocycles. The van der Waals surface area contributed by atoms with Crippen molar-refractivity contribution in [3.63, 3.8) is 0 Å². The lowest BCUT2D eigenvalue weighted by Crippen LogP contribution is -2.29. The quantitative estimate of drug-likeness (QED) is 0.909. The van der Waals surface area contributed by atoms with E-state index in [0.29, 0.717) is 12.1 Å². The lowest BCUT2D eigenvalue weighted by Gasteiger charge is -2.28. The minimum Gasteiger partial charge on any atom is -0.372 e. The van der Waals surface area contributed by atoms with E-state index in [1.54, 1.807) is 18.2 Å². The molecule has 0 bridgehead atoms. The van der Waals surface area contributed by atoms with Crippen molar-refractivity contribution in [2.24, 2.45) is 0 Å². The summed E-state index contributed by atoms with van der Waals surface area (Å²) in [5.74, 6) is -0.501. The van der Waals surface area contributed by atoms with Crippen molar-refractivity contribution in [3.8, 4) is 0 Å². The first-order chi connectivity index (χ1) is 11.7. The van der Waals surface area contributed by atoms with Crippen LogP contribution in [0.2, 0.25) is 0 Å². The zero-order chi connectivity index (χ0) is 16.8. The van der Waals surface area contributed by atoms with E-state index in [1.165, 1.54) is 31.0 Å². The average molecular weight is 326 g/mol. The smallest absolute Gasteiger partial charge is 0.224 e. The highest BCUT2D eigenvalue weighted by Crippen LogP contribution is 2.20. The maximum Gasteiger partial charge on any atom is 0.224 e. The Hall–Kier alpha value is -2.36. The molecule has 1 heterocycles. The van der Waals surface area contributed by atoms with E-state index in [2.05, 4.69) is 22.3 Å². The monoisotopic (exact) mass is 326 g/mol. The van der Waals surface area contributed by atoms with Crippen molar-refractivity contribution in [1.29, 1.82) is 0 Å². The molecule has 1 fully saturated rings. The van der Waals surface area contributed by atoms with Gasteiger partial charge in [0, 0.05) is 25.3 Å². The van der Waals surface area contributed by atoms with E-state index in [-0.39, 0.29) is 18.1 Å². The Bertz CT molecular complexity index is 678. The highest BCUT2D eigenvalue weighted by atomic mass is 19.1. The van der Waals surface area contributed by atoms with Gasteiger partial charge in [0.25, 0.3) is 0 Å². The molecular weight excluding hydrogens is 303 g/mol. The van der Waals surface area contributed by atoms with E-state index >= 15 is 0 Å². The molecule has 126 valence electrons. The number of benzene rings is 2. The van der Waals surface area contributed by atoms with E-state index in [0.717, 1.165) is 18.7 Å². The van der Waals surface area contributed by atoms with E-state index in [1.807, 2.05) is 12.1 Å². The second-order valence-corrected chi connectivity index (χ2v) is 6.26. The molecule has 0 aromatic heterocycles. The molecule has 1 saturated heterocycles. The van der Waals surface area contributed by atoms with Crippen molar-refractivity contribution < 1.29 is 9.18 Å². The van der Waals surface area contributed by atoms with E-state index < -0.39 is 0 Å². The molecule has 2 aromatic rings. The summed E-state index contributed by atoms with van der Waals surface area (Å²) < 4.78 is 13.5. The molecule has 3 rings (SSSR count). The number of anilines is 1. The van der Waals surface area contributed by atoms with Crippen LogP contribution in [-0.4, -0.2) is 19.0 Å². The summed E-state index contributed by atoms with van der Waals surface area (Å²) in [6.45, 7) is 2.71. The van der Waals surface area contributed by atoms with Gasteiger partial charge in [0.1, 0.15) is 5.82 Å². The third-order valence-electron chi connectivity index (χ3n) is 4.46. The summed E-state index contributed by atoms with van der Waals surface area (Å²) in [6, 6.07) is 14.7. The SMILES string of the molecule is O=C(Cc1ccccc1F)NCc1ccc(N2CCCCC2)cc1. The van der Waals surface area contributed by atoms with Gasteiger partial charge in [-0.25, -0.2) is 4.39 Å². The Labute approximate surface area is 142 Å². The number of halogens is 1. The van der Waals surface area contributed by atoms with Gasteiger partial charge in [-0.1, -0.05) is 30.3 Å². The molecule has 0 radical (unpaired) electrons. The van der Waals surface area contributed by atoms with Gasteiger partial charge >= 0.3 is 0 Å². The second kappa shape index (κ2) is 7.95. The Balaban J connectivity index is 1.51. The molecule has 3 nitrogen and oxygen atoms in total. The van der Waals surface area contributed by atoms with Gasteiger partial charge in [-0.3, -0.25) is 4.79 Å². The number of hydrogen-bond acceptors (Lipinski definition) is 2. The molecule has 0 unspecified atom stereocenters. The van der Waals surface area contributed by atoms with Crippen LogP contribution in [0.15, 0.2) is 48.5 Å². The van der Waals surface area contributed by atoms with Crippen LogP contribution >= 0.6 is 0 Å². The van der Waals surface area contributed by atoms with Crippen LogP contribution in [0, 0.1) is 5.82 Å². The summed E-state index contributed by atoms with van der Waals surface area (Å²) in [4.78, 5) is 14.4. The molecule has 2 aromatic carbocycles.